The molecule has 2 heteroatoms. The fourth-order valence-electron chi connectivity index (χ4n) is 1.99. The zero-order valence-corrected chi connectivity index (χ0v) is 9.41. The Kier molecular flexibility index (Phi) is 3.40. The molecule has 1 rings (SSSR count). The molecule has 0 fully saturated rings. The zero-order valence-electron chi connectivity index (χ0n) is 9.41. The van der Waals surface area contributed by atoms with E-state index in [2.05, 4.69) is 6.08 Å². The van der Waals surface area contributed by atoms with Crippen molar-refractivity contribution in [3.8, 4) is 0 Å². The first-order valence-electron chi connectivity index (χ1n) is 5.03. The fraction of sp³-hybridized carbons (Fsp3) is 0.385. The predicted molar refractivity (Wildman–Crippen MR) is 60.4 cm³/mol. The Labute approximate surface area is 90.4 Å². The molecule has 0 saturated carbocycles. The van der Waals surface area contributed by atoms with Crippen LogP contribution < -0.4 is 0 Å². The third-order valence-electron chi connectivity index (χ3n) is 2.64. The van der Waals surface area contributed by atoms with Crippen LogP contribution in [0.5, 0.6) is 0 Å². The molecule has 80 valence electrons. The molecule has 2 nitrogen and oxygen atoms in total. The highest BCUT2D eigenvalue weighted by Crippen LogP contribution is 2.37. The van der Waals surface area contributed by atoms with Gasteiger partial charge in [0.1, 0.15) is 6.29 Å². The topological polar surface area (TPSA) is 34.1 Å². The van der Waals surface area contributed by atoms with Crippen LogP contribution in [-0.2, 0) is 9.59 Å². The zero-order chi connectivity index (χ0) is 11.5. The van der Waals surface area contributed by atoms with Gasteiger partial charge in [0.25, 0.3) is 0 Å². The number of hydrogen-bond acceptors (Lipinski definition) is 2. The van der Waals surface area contributed by atoms with E-state index < -0.39 is 0 Å². The maximum atomic E-state index is 11.8. The van der Waals surface area contributed by atoms with Crippen LogP contribution in [0.2, 0.25) is 0 Å². The largest absolute Gasteiger partial charge is 0.299 e. The summed E-state index contributed by atoms with van der Waals surface area (Å²) in [4.78, 5) is 22.0. The maximum Gasteiger partial charge on any atom is 0.182 e. The van der Waals surface area contributed by atoms with Crippen molar-refractivity contribution in [3.63, 3.8) is 0 Å². The van der Waals surface area contributed by atoms with E-state index in [-0.39, 0.29) is 11.2 Å². The molecule has 0 amide bonds. The Bertz CT molecular complexity index is 368. The highest BCUT2D eigenvalue weighted by atomic mass is 16.1. The van der Waals surface area contributed by atoms with Gasteiger partial charge in [0.15, 0.2) is 5.78 Å². The first-order valence-corrected chi connectivity index (χ1v) is 5.03. The van der Waals surface area contributed by atoms with Crippen molar-refractivity contribution in [1.29, 1.82) is 0 Å². The number of carbonyl (C=O) groups excluding carboxylic acids is 2. The number of allylic oxidation sites excluding steroid dienone is 6. The van der Waals surface area contributed by atoms with Gasteiger partial charge in [-0.3, -0.25) is 9.59 Å². The molecule has 0 aromatic heterocycles. The van der Waals surface area contributed by atoms with Gasteiger partial charge in [0, 0.05) is 5.57 Å². The van der Waals surface area contributed by atoms with E-state index in [9.17, 15) is 9.59 Å². The van der Waals surface area contributed by atoms with Crippen LogP contribution in [0, 0.1) is 5.41 Å². The number of carbonyl (C=O) groups is 2. The molecule has 0 spiro atoms. The molecule has 1 aliphatic carbocycles. The van der Waals surface area contributed by atoms with Crippen LogP contribution in [0.4, 0.5) is 0 Å². The molecule has 0 heterocycles. The molecule has 0 bridgehead atoms. The van der Waals surface area contributed by atoms with Gasteiger partial charge in [-0.1, -0.05) is 26.0 Å². The first-order chi connectivity index (χ1) is 6.99. The molecule has 0 aromatic carbocycles. The lowest BCUT2D eigenvalue weighted by atomic mass is 9.74. The van der Waals surface area contributed by atoms with Gasteiger partial charge in [-0.15, -0.1) is 0 Å². The lowest BCUT2D eigenvalue weighted by Crippen LogP contribution is -2.23. The summed E-state index contributed by atoms with van der Waals surface area (Å²) >= 11 is 0. The fourth-order valence-corrected chi connectivity index (χ4v) is 1.99. The monoisotopic (exact) mass is 204 g/mol. The molecular formula is C13H16O2. The summed E-state index contributed by atoms with van der Waals surface area (Å²) < 4.78 is 0. The minimum atomic E-state index is -0.136. The quantitative estimate of drug-likeness (QED) is 0.523. The van der Waals surface area contributed by atoms with Gasteiger partial charge in [-0.05, 0) is 36.5 Å². The molecule has 0 aliphatic heterocycles. The number of aldehydes is 1. The van der Waals surface area contributed by atoms with E-state index in [1.807, 2.05) is 26.8 Å². The Balaban J connectivity index is 3.09. The normalized spacial score (nSPS) is 19.7. The van der Waals surface area contributed by atoms with E-state index in [1.54, 1.807) is 0 Å². The van der Waals surface area contributed by atoms with Gasteiger partial charge >= 0.3 is 0 Å². The third kappa shape index (κ3) is 2.52. The summed E-state index contributed by atoms with van der Waals surface area (Å²) in [5.74, 6) is -0.0612. The predicted octanol–water partition coefficient (Wildman–Crippen LogP) is 2.61. The second-order valence-electron chi connectivity index (χ2n) is 4.41. The van der Waals surface area contributed by atoms with Crippen molar-refractivity contribution in [2.24, 2.45) is 5.41 Å². The number of ketones is 1. The van der Waals surface area contributed by atoms with Crippen molar-refractivity contribution in [1.82, 2.24) is 0 Å². The van der Waals surface area contributed by atoms with Gasteiger partial charge in [-0.25, -0.2) is 0 Å². The van der Waals surface area contributed by atoms with E-state index in [0.717, 1.165) is 17.6 Å². The van der Waals surface area contributed by atoms with Crippen molar-refractivity contribution >= 4 is 12.1 Å². The summed E-state index contributed by atoms with van der Waals surface area (Å²) in [5.41, 5.74) is 1.67. The van der Waals surface area contributed by atoms with E-state index in [4.69, 9.17) is 0 Å². The van der Waals surface area contributed by atoms with Gasteiger partial charge in [-0.2, -0.15) is 0 Å². The summed E-state index contributed by atoms with van der Waals surface area (Å²) in [6, 6.07) is 0. The van der Waals surface area contributed by atoms with Gasteiger partial charge < -0.3 is 0 Å². The van der Waals surface area contributed by atoms with E-state index in [1.165, 1.54) is 12.2 Å². The smallest absolute Gasteiger partial charge is 0.182 e. The average molecular weight is 204 g/mol. The molecule has 0 N–H and O–H groups in total. The third-order valence-corrected chi connectivity index (χ3v) is 2.64. The Morgan fingerprint density at radius 1 is 1.47 bits per heavy atom. The van der Waals surface area contributed by atoms with Crippen molar-refractivity contribution in [2.75, 3.05) is 0 Å². The molecule has 0 aromatic rings. The van der Waals surface area contributed by atoms with Gasteiger partial charge in [0.05, 0.1) is 0 Å². The molecule has 0 atom stereocenters. The summed E-state index contributed by atoms with van der Waals surface area (Å²) in [5, 5.41) is 0. The van der Waals surface area contributed by atoms with Crippen LogP contribution in [0.1, 0.15) is 27.2 Å². The van der Waals surface area contributed by atoms with Crippen molar-refractivity contribution < 1.29 is 9.59 Å². The standard InChI is InChI=1S/C13H16O2/c1-10-6-4-8-13(2,3)12(10)11(15)7-5-9-14/h4-7,9H,8H2,1-3H3/b7-5+. The van der Waals surface area contributed by atoms with Crippen LogP contribution in [0.3, 0.4) is 0 Å². The SMILES string of the molecule is CC1=C(C(=O)/C=C/C=O)C(C)(C)CC=C1. The Morgan fingerprint density at radius 3 is 2.67 bits per heavy atom. The molecule has 0 saturated heterocycles. The average Bonchev–Trinajstić information content (AvgIpc) is 2.13. The highest BCUT2D eigenvalue weighted by Gasteiger charge is 2.29. The Hall–Kier alpha value is -1.44. The molecule has 0 unspecified atom stereocenters. The lowest BCUT2D eigenvalue weighted by molar-refractivity contribution is -0.112. The van der Waals surface area contributed by atoms with Crippen molar-refractivity contribution in [3.05, 3.63) is 35.5 Å². The summed E-state index contributed by atoms with van der Waals surface area (Å²) in [6.07, 6.45) is 8.12. The maximum absolute atomic E-state index is 11.8. The minimum absolute atomic E-state index is 0.0612. The molecular weight excluding hydrogens is 188 g/mol. The summed E-state index contributed by atoms with van der Waals surface area (Å²) in [7, 11) is 0. The second-order valence-corrected chi connectivity index (χ2v) is 4.41. The minimum Gasteiger partial charge on any atom is -0.299 e. The number of hydrogen-bond donors (Lipinski definition) is 0. The first kappa shape index (κ1) is 11.6. The molecule has 1 aliphatic rings. The van der Waals surface area contributed by atoms with Crippen molar-refractivity contribution in [2.45, 2.75) is 27.2 Å². The van der Waals surface area contributed by atoms with Gasteiger partial charge in [0.2, 0.25) is 0 Å². The van der Waals surface area contributed by atoms with E-state index in [0.29, 0.717) is 6.29 Å². The van der Waals surface area contributed by atoms with Crippen LogP contribution >= 0.6 is 0 Å². The molecule has 0 radical (unpaired) electrons. The van der Waals surface area contributed by atoms with Crippen LogP contribution in [0.15, 0.2) is 35.5 Å². The Morgan fingerprint density at radius 2 is 2.13 bits per heavy atom. The second kappa shape index (κ2) is 4.39. The lowest BCUT2D eigenvalue weighted by Gasteiger charge is -2.29. The number of rotatable bonds is 3. The molecule has 15 heavy (non-hydrogen) atoms. The summed E-state index contributed by atoms with van der Waals surface area (Å²) in [6.45, 7) is 6.02. The van der Waals surface area contributed by atoms with Crippen LogP contribution in [-0.4, -0.2) is 12.1 Å². The van der Waals surface area contributed by atoms with E-state index >= 15 is 0 Å². The highest BCUT2D eigenvalue weighted by molar-refractivity contribution is 6.07. The van der Waals surface area contributed by atoms with Crippen LogP contribution in [0.25, 0.3) is 0 Å².